The van der Waals surface area contributed by atoms with Gasteiger partial charge in [-0.25, -0.2) is 4.79 Å². The van der Waals surface area contributed by atoms with Crippen molar-refractivity contribution in [3.8, 4) is 39.8 Å². The van der Waals surface area contributed by atoms with Crippen molar-refractivity contribution in [1.82, 2.24) is 14.8 Å². The second-order valence-corrected chi connectivity index (χ2v) is 9.88. The van der Waals surface area contributed by atoms with Crippen LogP contribution in [0.3, 0.4) is 0 Å². The molecular formula is C27H28N4O6S2. The van der Waals surface area contributed by atoms with Gasteiger partial charge in [0, 0.05) is 23.6 Å². The summed E-state index contributed by atoms with van der Waals surface area (Å²) in [7, 11) is 6.43. The van der Waals surface area contributed by atoms with Gasteiger partial charge in [-0.1, -0.05) is 42.1 Å². The quantitative estimate of drug-likeness (QED) is 0.194. The monoisotopic (exact) mass is 568 g/mol. The van der Waals surface area contributed by atoms with E-state index in [1.165, 1.54) is 30.2 Å². The molecule has 0 aliphatic rings. The van der Waals surface area contributed by atoms with Crippen LogP contribution in [0.4, 0.5) is 5.00 Å². The number of anilines is 1. The zero-order chi connectivity index (χ0) is 27.9. The first-order chi connectivity index (χ1) is 18.9. The van der Waals surface area contributed by atoms with Gasteiger partial charge < -0.3 is 28.8 Å². The summed E-state index contributed by atoms with van der Waals surface area (Å²) in [6, 6.07) is 13.1. The van der Waals surface area contributed by atoms with Gasteiger partial charge in [-0.15, -0.1) is 21.5 Å². The lowest BCUT2D eigenvalue weighted by atomic mass is 10.0. The molecule has 39 heavy (non-hydrogen) atoms. The fraction of sp³-hybridized carbons (Fsp3) is 0.259. The van der Waals surface area contributed by atoms with Crippen LogP contribution in [0.25, 0.3) is 22.5 Å². The van der Waals surface area contributed by atoms with Crippen molar-refractivity contribution in [3.05, 3.63) is 53.4 Å². The van der Waals surface area contributed by atoms with E-state index in [1.807, 2.05) is 42.8 Å². The summed E-state index contributed by atoms with van der Waals surface area (Å²) < 4.78 is 23.3. The van der Waals surface area contributed by atoms with E-state index in [4.69, 9.17) is 18.9 Å². The lowest BCUT2D eigenvalue weighted by Gasteiger charge is -2.14. The van der Waals surface area contributed by atoms with Crippen LogP contribution in [0.5, 0.6) is 17.2 Å². The van der Waals surface area contributed by atoms with Gasteiger partial charge in [0.1, 0.15) is 10.6 Å². The van der Waals surface area contributed by atoms with Gasteiger partial charge >= 0.3 is 5.97 Å². The molecule has 10 nitrogen and oxygen atoms in total. The molecule has 0 atom stereocenters. The highest BCUT2D eigenvalue weighted by Crippen LogP contribution is 2.41. The first-order valence-corrected chi connectivity index (χ1v) is 13.7. The van der Waals surface area contributed by atoms with Crippen molar-refractivity contribution in [3.63, 3.8) is 0 Å². The summed E-state index contributed by atoms with van der Waals surface area (Å²) >= 11 is 2.50. The van der Waals surface area contributed by atoms with E-state index in [0.717, 1.165) is 5.56 Å². The zero-order valence-corrected chi connectivity index (χ0v) is 23.8. The highest BCUT2D eigenvalue weighted by molar-refractivity contribution is 7.99. The fourth-order valence-electron chi connectivity index (χ4n) is 3.88. The van der Waals surface area contributed by atoms with E-state index in [9.17, 15) is 9.59 Å². The van der Waals surface area contributed by atoms with E-state index >= 15 is 0 Å². The molecule has 0 fully saturated rings. The molecule has 204 valence electrons. The van der Waals surface area contributed by atoms with Crippen LogP contribution < -0.4 is 19.5 Å². The van der Waals surface area contributed by atoms with Crippen LogP contribution in [0.15, 0.2) is 53.0 Å². The number of amides is 1. The summed E-state index contributed by atoms with van der Waals surface area (Å²) in [6.45, 7) is 1.97. The average molecular weight is 569 g/mol. The van der Waals surface area contributed by atoms with Crippen molar-refractivity contribution in [2.45, 2.75) is 12.1 Å². The second kappa shape index (κ2) is 12.7. The highest BCUT2D eigenvalue weighted by Gasteiger charge is 2.23. The van der Waals surface area contributed by atoms with Crippen LogP contribution in [0.1, 0.15) is 17.3 Å². The molecule has 0 radical (unpaired) electrons. The first-order valence-electron chi connectivity index (χ1n) is 11.9. The lowest BCUT2D eigenvalue weighted by Crippen LogP contribution is -2.16. The van der Waals surface area contributed by atoms with E-state index in [-0.39, 0.29) is 18.3 Å². The minimum atomic E-state index is -0.483. The SMILES string of the molecule is CCOC(=O)c1c(-c2ccccc2)csc1NC(=O)CSc1nnc(-c2cc(OC)c(OC)c(OC)c2)n1C. The number of rotatable bonds is 11. The molecule has 1 N–H and O–H groups in total. The summed E-state index contributed by atoms with van der Waals surface area (Å²) in [5.41, 5.74) is 2.63. The normalized spacial score (nSPS) is 10.7. The number of nitrogens with zero attached hydrogens (tertiary/aromatic N) is 3. The third-order valence-electron chi connectivity index (χ3n) is 5.70. The summed E-state index contributed by atoms with van der Waals surface area (Å²) in [5, 5.41) is 14.2. The number of esters is 1. The molecule has 4 aromatic rings. The molecule has 0 unspecified atom stereocenters. The molecule has 0 bridgehead atoms. The summed E-state index contributed by atoms with van der Waals surface area (Å²) in [6.07, 6.45) is 0. The smallest absolute Gasteiger partial charge is 0.341 e. The highest BCUT2D eigenvalue weighted by atomic mass is 32.2. The lowest BCUT2D eigenvalue weighted by molar-refractivity contribution is -0.113. The Labute approximate surface area is 234 Å². The number of carbonyl (C=O) groups excluding carboxylic acids is 2. The Kier molecular flexibility index (Phi) is 9.10. The minimum absolute atomic E-state index is 0.0576. The number of thioether (sulfide) groups is 1. The molecule has 12 heteroatoms. The topological polar surface area (TPSA) is 114 Å². The van der Waals surface area contributed by atoms with Crippen LogP contribution in [0, 0.1) is 0 Å². The van der Waals surface area contributed by atoms with E-state index < -0.39 is 5.97 Å². The Bertz CT molecular complexity index is 1440. The van der Waals surface area contributed by atoms with Crippen molar-refractivity contribution in [1.29, 1.82) is 0 Å². The largest absolute Gasteiger partial charge is 0.493 e. The van der Waals surface area contributed by atoms with Crippen molar-refractivity contribution in [2.75, 3.05) is 39.0 Å². The van der Waals surface area contributed by atoms with Crippen molar-refractivity contribution in [2.24, 2.45) is 7.05 Å². The number of carbonyl (C=O) groups is 2. The molecule has 4 rings (SSSR count). The summed E-state index contributed by atoms with van der Waals surface area (Å²) in [5.74, 6) is 1.31. The third-order valence-corrected chi connectivity index (χ3v) is 7.61. The number of benzene rings is 2. The van der Waals surface area contributed by atoms with Crippen LogP contribution in [-0.2, 0) is 16.6 Å². The van der Waals surface area contributed by atoms with Gasteiger partial charge in [-0.05, 0) is 24.6 Å². The van der Waals surface area contributed by atoms with Gasteiger partial charge in [0.25, 0.3) is 0 Å². The van der Waals surface area contributed by atoms with E-state index in [1.54, 1.807) is 37.8 Å². The number of hydrogen-bond acceptors (Lipinski definition) is 10. The van der Waals surface area contributed by atoms with Gasteiger partial charge in [0.05, 0.1) is 33.7 Å². The third kappa shape index (κ3) is 6.02. The maximum absolute atomic E-state index is 12.9. The van der Waals surface area contributed by atoms with Gasteiger partial charge in [-0.3, -0.25) is 4.79 Å². The predicted octanol–water partition coefficient (Wildman–Crippen LogP) is 5.14. The van der Waals surface area contributed by atoms with E-state index in [0.29, 0.717) is 49.9 Å². The molecule has 2 heterocycles. The van der Waals surface area contributed by atoms with Crippen molar-refractivity contribution < 1.29 is 28.5 Å². The van der Waals surface area contributed by atoms with Crippen LogP contribution in [-0.4, -0.2) is 60.3 Å². The molecule has 0 aliphatic heterocycles. The molecule has 0 aliphatic carbocycles. The number of hydrogen-bond donors (Lipinski definition) is 1. The molecule has 0 spiro atoms. The summed E-state index contributed by atoms with van der Waals surface area (Å²) in [4.78, 5) is 25.7. The minimum Gasteiger partial charge on any atom is -0.493 e. The zero-order valence-electron chi connectivity index (χ0n) is 22.1. The Morgan fingerprint density at radius 3 is 2.31 bits per heavy atom. The first kappa shape index (κ1) is 28.0. The Morgan fingerprint density at radius 1 is 1.00 bits per heavy atom. The second-order valence-electron chi connectivity index (χ2n) is 8.06. The predicted molar refractivity (Wildman–Crippen MR) is 151 cm³/mol. The number of aromatic nitrogens is 3. The number of ether oxygens (including phenoxy) is 4. The molecular weight excluding hydrogens is 540 g/mol. The number of nitrogens with one attached hydrogen (secondary N) is 1. The Morgan fingerprint density at radius 2 is 1.69 bits per heavy atom. The Hall–Kier alpha value is -4.03. The molecule has 1 amide bonds. The Balaban J connectivity index is 1.51. The maximum Gasteiger partial charge on any atom is 0.341 e. The van der Waals surface area contributed by atoms with Crippen molar-refractivity contribution >= 4 is 40.0 Å². The van der Waals surface area contributed by atoms with Gasteiger partial charge in [-0.2, -0.15) is 0 Å². The molecule has 0 saturated carbocycles. The standard InChI is InChI=1S/C27H28N4O6S2/c1-6-37-26(33)22-18(16-10-8-7-9-11-16)14-38-25(22)28-21(32)15-39-27-30-29-24(31(27)2)17-12-19(34-3)23(36-5)20(13-17)35-4/h7-14H,6,15H2,1-5H3,(H,28,32). The van der Waals surface area contributed by atoms with E-state index in [2.05, 4.69) is 15.5 Å². The van der Waals surface area contributed by atoms with Crippen LogP contribution in [0.2, 0.25) is 0 Å². The number of thiophene rings is 1. The fourth-order valence-corrected chi connectivity index (χ4v) is 5.57. The molecule has 2 aromatic heterocycles. The molecule has 0 saturated heterocycles. The number of methoxy groups -OCH3 is 3. The van der Waals surface area contributed by atoms with Crippen LogP contribution >= 0.6 is 23.1 Å². The molecule has 2 aromatic carbocycles. The van der Waals surface area contributed by atoms with Gasteiger partial charge in [0.2, 0.25) is 11.7 Å². The van der Waals surface area contributed by atoms with Gasteiger partial charge in [0.15, 0.2) is 22.5 Å². The average Bonchev–Trinajstić information content (AvgIpc) is 3.54. The maximum atomic E-state index is 12.9.